The van der Waals surface area contributed by atoms with Crippen molar-refractivity contribution in [3.8, 4) is 0 Å². The normalized spacial score (nSPS) is 14.4. The van der Waals surface area contributed by atoms with E-state index in [9.17, 15) is 14.4 Å². The van der Waals surface area contributed by atoms with Crippen molar-refractivity contribution >= 4 is 28.6 Å². The van der Waals surface area contributed by atoms with Gasteiger partial charge in [0.15, 0.2) is 0 Å². The first-order chi connectivity index (χ1) is 11.9. The van der Waals surface area contributed by atoms with Crippen LogP contribution in [0.25, 0.3) is 10.8 Å². The number of hydrogen-bond acceptors (Lipinski definition) is 3. The molecule has 2 aromatic rings. The molecule has 1 saturated carbocycles. The molecule has 0 saturated heterocycles. The molecule has 6 nitrogen and oxygen atoms in total. The summed E-state index contributed by atoms with van der Waals surface area (Å²) in [5.74, 6) is -2.37. The Kier molecular flexibility index (Phi) is 6.11. The highest BCUT2D eigenvalue weighted by atomic mass is 16.4. The van der Waals surface area contributed by atoms with Crippen LogP contribution in [0.1, 0.15) is 52.8 Å². The Bertz CT molecular complexity index is 794. The van der Waals surface area contributed by atoms with Gasteiger partial charge in [-0.3, -0.25) is 4.79 Å². The van der Waals surface area contributed by atoms with E-state index in [1.54, 1.807) is 30.3 Å². The molecule has 0 spiro atoms. The molecule has 0 aliphatic heterocycles. The van der Waals surface area contributed by atoms with Gasteiger partial charge in [0.1, 0.15) is 0 Å². The number of amides is 1. The second kappa shape index (κ2) is 8.28. The lowest BCUT2D eigenvalue weighted by Crippen LogP contribution is -2.24. The Morgan fingerprint density at radius 2 is 1.52 bits per heavy atom. The van der Waals surface area contributed by atoms with E-state index in [1.165, 1.54) is 25.3 Å². The van der Waals surface area contributed by atoms with Crippen molar-refractivity contribution in [2.45, 2.75) is 32.1 Å². The van der Waals surface area contributed by atoms with Gasteiger partial charge in [-0.1, -0.05) is 49.6 Å². The maximum absolute atomic E-state index is 11.1. The largest absolute Gasteiger partial charge is 0.478 e. The van der Waals surface area contributed by atoms with Crippen molar-refractivity contribution in [1.82, 2.24) is 0 Å². The van der Waals surface area contributed by atoms with Crippen molar-refractivity contribution in [1.29, 1.82) is 0 Å². The third kappa shape index (κ3) is 4.56. The van der Waals surface area contributed by atoms with E-state index in [0.717, 1.165) is 12.8 Å². The van der Waals surface area contributed by atoms with E-state index in [0.29, 0.717) is 10.8 Å². The average Bonchev–Trinajstić information content (AvgIpc) is 2.61. The molecular formula is C19H21NO5. The second-order valence-electron chi connectivity index (χ2n) is 6.06. The number of hydrogen-bond donors (Lipinski definition) is 3. The summed E-state index contributed by atoms with van der Waals surface area (Å²) in [6, 6.07) is 9.72. The highest BCUT2D eigenvalue weighted by molar-refractivity contribution is 6.11. The van der Waals surface area contributed by atoms with E-state index in [4.69, 9.17) is 15.9 Å². The molecule has 4 N–H and O–H groups in total. The molecular weight excluding hydrogens is 322 g/mol. The van der Waals surface area contributed by atoms with E-state index in [2.05, 4.69) is 0 Å². The quantitative estimate of drug-likeness (QED) is 0.790. The fourth-order valence-electron chi connectivity index (χ4n) is 3.07. The fourth-order valence-corrected chi connectivity index (χ4v) is 3.07. The summed E-state index contributed by atoms with van der Waals surface area (Å²) in [5, 5.41) is 19.1. The molecule has 1 fully saturated rings. The first-order valence-electron chi connectivity index (χ1n) is 8.19. The molecule has 0 atom stereocenters. The van der Waals surface area contributed by atoms with Crippen LogP contribution in [0.15, 0.2) is 36.4 Å². The number of fused-ring (bicyclic) bond motifs is 1. The lowest BCUT2D eigenvalue weighted by Gasteiger charge is -2.17. The van der Waals surface area contributed by atoms with Crippen LogP contribution < -0.4 is 5.73 Å². The van der Waals surface area contributed by atoms with Crippen LogP contribution in [0, 0.1) is 5.92 Å². The zero-order valence-corrected chi connectivity index (χ0v) is 13.8. The van der Waals surface area contributed by atoms with Gasteiger partial charge in [0.05, 0.1) is 11.1 Å². The number of rotatable bonds is 3. The fraction of sp³-hybridized carbons (Fsp3) is 0.316. The van der Waals surface area contributed by atoms with Crippen molar-refractivity contribution < 1.29 is 24.6 Å². The van der Waals surface area contributed by atoms with Crippen LogP contribution in [0.2, 0.25) is 0 Å². The minimum absolute atomic E-state index is 0.102. The average molecular weight is 343 g/mol. The number of primary amides is 1. The van der Waals surface area contributed by atoms with Crippen LogP contribution >= 0.6 is 0 Å². The maximum atomic E-state index is 11.1. The maximum Gasteiger partial charge on any atom is 0.337 e. The third-order valence-electron chi connectivity index (χ3n) is 4.38. The van der Waals surface area contributed by atoms with Crippen molar-refractivity contribution in [3.63, 3.8) is 0 Å². The van der Waals surface area contributed by atoms with Crippen LogP contribution in [-0.2, 0) is 4.79 Å². The lowest BCUT2D eigenvalue weighted by molar-refractivity contribution is -0.122. The zero-order valence-electron chi connectivity index (χ0n) is 13.8. The van der Waals surface area contributed by atoms with E-state index in [-0.39, 0.29) is 23.0 Å². The highest BCUT2D eigenvalue weighted by Gasteiger charge is 2.19. The third-order valence-corrected chi connectivity index (χ3v) is 4.38. The van der Waals surface area contributed by atoms with Crippen LogP contribution in [0.4, 0.5) is 0 Å². The van der Waals surface area contributed by atoms with Crippen LogP contribution in [0.5, 0.6) is 0 Å². The summed E-state index contributed by atoms with van der Waals surface area (Å²) in [4.78, 5) is 32.6. The monoisotopic (exact) mass is 343 g/mol. The molecule has 1 amide bonds. The van der Waals surface area contributed by atoms with Gasteiger partial charge in [-0.05, 0) is 29.7 Å². The molecule has 132 valence electrons. The molecule has 6 heteroatoms. The summed E-state index contributed by atoms with van der Waals surface area (Å²) < 4.78 is 0. The standard InChI is InChI=1S/C12H8O4.C7H13NO/c13-11(14)9-6-5-7-3-1-2-4-8(7)10(9)12(15)16;8-7(9)6-4-2-1-3-5-6/h1-6H,(H,13,14)(H,15,16);6H,1-5H2,(H2,8,9). The smallest absolute Gasteiger partial charge is 0.337 e. The summed E-state index contributed by atoms with van der Waals surface area (Å²) in [6.45, 7) is 0. The number of nitrogens with two attached hydrogens (primary N) is 1. The minimum Gasteiger partial charge on any atom is -0.478 e. The first kappa shape index (κ1) is 18.4. The molecule has 3 rings (SSSR count). The molecule has 0 heterocycles. The molecule has 1 aliphatic carbocycles. The summed E-state index contributed by atoms with van der Waals surface area (Å²) in [6.07, 6.45) is 5.70. The van der Waals surface area contributed by atoms with Gasteiger partial charge in [0.2, 0.25) is 5.91 Å². The van der Waals surface area contributed by atoms with Gasteiger partial charge in [-0.25, -0.2) is 9.59 Å². The first-order valence-corrected chi connectivity index (χ1v) is 8.19. The van der Waals surface area contributed by atoms with Crippen molar-refractivity contribution in [2.24, 2.45) is 11.7 Å². The van der Waals surface area contributed by atoms with Crippen LogP contribution in [0.3, 0.4) is 0 Å². The van der Waals surface area contributed by atoms with Gasteiger partial charge in [0, 0.05) is 5.92 Å². The summed E-state index contributed by atoms with van der Waals surface area (Å²) in [7, 11) is 0. The predicted molar refractivity (Wildman–Crippen MR) is 93.6 cm³/mol. The van der Waals surface area contributed by atoms with Gasteiger partial charge in [-0.15, -0.1) is 0 Å². The van der Waals surface area contributed by atoms with Gasteiger partial charge >= 0.3 is 11.9 Å². The SMILES string of the molecule is NC(=O)C1CCCCC1.O=C(O)c1ccc2ccccc2c1C(=O)O. The molecule has 0 aromatic heterocycles. The molecule has 0 radical (unpaired) electrons. The zero-order chi connectivity index (χ0) is 18.4. The van der Waals surface area contributed by atoms with Crippen molar-refractivity contribution in [3.05, 3.63) is 47.5 Å². The molecule has 0 unspecified atom stereocenters. The van der Waals surface area contributed by atoms with Gasteiger partial charge < -0.3 is 15.9 Å². The Labute approximate surface area is 145 Å². The van der Waals surface area contributed by atoms with E-state index < -0.39 is 11.9 Å². The van der Waals surface area contributed by atoms with Gasteiger partial charge in [0.25, 0.3) is 0 Å². The van der Waals surface area contributed by atoms with Crippen molar-refractivity contribution in [2.75, 3.05) is 0 Å². The topological polar surface area (TPSA) is 118 Å². The Morgan fingerprint density at radius 1 is 0.880 bits per heavy atom. The Morgan fingerprint density at radius 3 is 2.04 bits per heavy atom. The number of aromatic carboxylic acids is 2. The minimum atomic E-state index is -1.23. The molecule has 2 aromatic carbocycles. The van der Waals surface area contributed by atoms with Gasteiger partial charge in [-0.2, -0.15) is 0 Å². The summed E-state index contributed by atoms with van der Waals surface area (Å²) in [5.41, 5.74) is 4.78. The lowest BCUT2D eigenvalue weighted by atomic mass is 9.89. The summed E-state index contributed by atoms with van der Waals surface area (Å²) >= 11 is 0. The Balaban J connectivity index is 0.000000212. The highest BCUT2D eigenvalue weighted by Crippen LogP contribution is 2.23. The number of benzene rings is 2. The van der Waals surface area contributed by atoms with Crippen LogP contribution in [-0.4, -0.2) is 28.1 Å². The molecule has 25 heavy (non-hydrogen) atoms. The number of carbonyl (C=O) groups is 3. The second-order valence-corrected chi connectivity index (χ2v) is 6.06. The Hall–Kier alpha value is -2.89. The number of carboxylic acid groups (broad SMARTS) is 2. The predicted octanol–water partition coefficient (Wildman–Crippen LogP) is 3.29. The molecule has 0 bridgehead atoms. The molecule has 1 aliphatic rings. The number of carbonyl (C=O) groups excluding carboxylic acids is 1. The number of carboxylic acids is 2. The van der Waals surface area contributed by atoms with E-state index in [1.807, 2.05) is 0 Å². The van der Waals surface area contributed by atoms with E-state index >= 15 is 0 Å².